The Morgan fingerprint density at radius 1 is 1.29 bits per heavy atom. The van der Waals surface area contributed by atoms with Gasteiger partial charge in [0.2, 0.25) is 0 Å². The second kappa shape index (κ2) is 6.17. The van der Waals surface area contributed by atoms with E-state index in [2.05, 4.69) is 16.4 Å². The lowest BCUT2D eigenvalue weighted by Gasteiger charge is -2.13. The molecule has 1 aliphatic carbocycles. The number of aryl methyl sites for hydroxylation is 2. The largest absolute Gasteiger partial charge is 0.480 e. The predicted molar refractivity (Wildman–Crippen MR) is 90.9 cm³/mol. The van der Waals surface area contributed by atoms with Gasteiger partial charge in [-0.2, -0.15) is 0 Å². The Labute approximate surface area is 139 Å². The van der Waals surface area contributed by atoms with Crippen molar-refractivity contribution in [3.63, 3.8) is 0 Å². The van der Waals surface area contributed by atoms with E-state index in [1.54, 1.807) is 6.20 Å². The number of carboxylic acids is 1. The SMILES string of the molecule is O=C(O)C(NCc1cc2c(o1)CCCC2)c1c[nH]c2ccccc12. The fourth-order valence-electron chi connectivity index (χ4n) is 3.51. The summed E-state index contributed by atoms with van der Waals surface area (Å²) in [5.74, 6) is 0.987. The average Bonchev–Trinajstić information content (AvgIpc) is 3.19. The van der Waals surface area contributed by atoms with Crippen molar-refractivity contribution in [2.75, 3.05) is 0 Å². The molecule has 0 amide bonds. The number of rotatable bonds is 5. The molecule has 5 heteroatoms. The molecule has 0 bridgehead atoms. The fraction of sp³-hybridized carbons (Fsp3) is 0.316. The van der Waals surface area contributed by atoms with Crippen LogP contribution in [0.25, 0.3) is 10.9 Å². The average molecular weight is 324 g/mol. The second-order valence-electron chi connectivity index (χ2n) is 6.31. The van der Waals surface area contributed by atoms with E-state index in [0.717, 1.165) is 40.8 Å². The monoisotopic (exact) mass is 324 g/mol. The molecule has 2 heterocycles. The first-order valence-corrected chi connectivity index (χ1v) is 8.35. The molecular formula is C19H20N2O3. The summed E-state index contributed by atoms with van der Waals surface area (Å²) >= 11 is 0. The third-order valence-corrected chi connectivity index (χ3v) is 4.71. The Morgan fingerprint density at radius 2 is 2.12 bits per heavy atom. The van der Waals surface area contributed by atoms with Crippen LogP contribution >= 0.6 is 0 Å². The van der Waals surface area contributed by atoms with Gasteiger partial charge in [0.05, 0.1) is 6.54 Å². The van der Waals surface area contributed by atoms with E-state index in [0.29, 0.717) is 6.54 Å². The topological polar surface area (TPSA) is 78.3 Å². The van der Waals surface area contributed by atoms with Crippen molar-refractivity contribution in [1.29, 1.82) is 0 Å². The number of carbonyl (C=O) groups is 1. The van der Waals surface area contributed by atoms with E-state index in [-0.39, 0.29) is 0 Å². The summed E-state index contributed by atoms with van der Waals surface area (Å²) < 4.78 is 5.88. The van der Waals surface area contributed by atoms with E-state index in [4.69, 9.17) is 4.42 Å². The van der Waals surface area contributed by atoms with Gasteiger partial charge in [-0.3, -0.25) is 10.1 Å². The summed E-state index contributed by atoms with van der Waals surface area (Å²) in [5, 5.41) is 13.7. The van der Waals surface area contributed by atoms with E-state index < -0.39 is 12.0 Å². The zero-order chi connectivity index (χ0) is 16.5. The van der Waals surface area contributed by atoms with Gasteiger partial charge >= 0.3 is 5.97 Å². The summed E-state index contributed by atoms with van der Waals surface area (Å²) in [4.78, 5) is 14.9. The summed E-state index contributed by atoms with van der Waals surface area (Å²) in [6.45, 7) is 0.406. The second-order valence-corrected chi connectivity index (χ2v) is 6.31. The van der Waals surface area contributed by atoms with Gasteiger partial charge in [-0.25, -0.2) is 0 Å². The quantitative estimate of drug-likeness (QED) is 0.670. The van der Waals surface area contributed by atoms with Gasteiger partial charge in [0.25, 0.3) is 0 Å². The molecule has 2 aromatic heterocycles. The zero-order valence-electron chi connectivity index (χ0n) is 13.3. The molecule has 0 aliphatic heterocycles. The van der Waals surface area contributed by atoms with Crippen molar-refractivity contribution in [3.05, 3.63) is 59.2 Å². The zero-order valence-corrected chi connectivity index (χ0v) is 13.3. The van der Waals surface area contributed by atoms with Gasteiger partial charge in [-0.1, -0.05) is 18.2 Å². The van der Waals surface area contributed by atoms with Crippen LogP contribution in [0.2, 0.25) is 0 Å². The predicted octanol–water partition coefficient (Wildman–Crippen LogP) is 3.56. The van der Waals surface area contributed by atoms with Crippen LogP contribution in [0, 0.1) is 0 Å². The number of fused-ring (bicyclic) bond motifs is 2. The first-order chi connectivity index (χ1) is 11.7. The van der Waals surface area contributed by atoms with Gasteiger partial charge in [0.15, 0.2) is 0 Å². The molecule has 0 radical (unpaired) electrons. The number of aromatic nitrogens is 1. The van der Waals surface area contributed by atoms with E-state index in [1.165, 1.54) is 18.4 Å². The third kappa shape index (κ3) is 2.71. The van der Waals surface area contributed by atoms with Crippen molar-refractivity contribution < 1.29 is 14.3 Å². The molecule has 0 saturated carbocycles. The normalized spacial score (nSPS) is 15.3. The highest BCUT2D eigenvalue weighted by molar-refractivity contribution is 5.89. The number of benzene rings is 1. The van der Waals surface area contributed by atoms with E-state index in [1.807, 2.05) is 24.3 Å². The smallest absolute Gasteiger partial charge is 0.325 e. The van der Waals surface area contributed by atoms with Gasteiger partial charge < -0.3 is 14.5 Å². The Hall–Kier alpha value is -2.53. The fourth-order valence-corrected chi connectivity index (χ4v) is 3.51. The summed E-state index contributed by atoms with van der Waals surface area (Å²) in [6.07, 6.45) is 6.18. The highest BCUT2D eigenvalue weighted by atomic mass is 16.4. The molecule has 1 aliphatic rings. The lowest BCUT2D eigenvalue weighted by atomic mass is 9.99. The number of hydrogen-bond donors (Lipinski definition) is 3. The Bertz CT molecular complexity index is 854. The molecule has 1 atom stereocenters. The molecule has 124 valence electrons. The van der Waals surface area contributed by atoms with Gasteiger partial charge in [0, 0.05) is 29.1 Å². The number of aliphatic carboxylic acids is 1. The highest BCUT2D eigenvalue weighted by Gasteiger charge is 2.23. The minimum atomic E-state index is -0.893. The van der Waals surface area contributed by atoms with Crippen LogP contribution in [0.5, 0.6) is 0 Å². The standard InChI is InChI=1S/C19H20N2O3/c22-19(23)18(15-11-20-16-7-3-2-6-14(15)16)21-10-13-9-12-5-1-4-8-17(12)24-13/h2-3,6-7,9,11,18,20-21H,1,4-5,8,10H2,(H,22,23). The van der Waals surface area contributed by atoms with Crippen LogP contribution in [-0.2, 0) is 24.2 Å². The van der Waals surface area contributed by atoms with Crippen molar-refractivity contribution in [3.8, 4) is 0 Å². The number of H-pyrrole nitrogens is 1. The first kappa shape index (κ1) is 15.0. The molecule has 0 fully saturated rings. The lowest BCUT2D eigenvalue weighted by Crippen LogP contribution is -2.27. The van der Waals surface area contributed by atoms with Crippen molar-refractivity contribution in [1.82, 2.24) is 10.3 Å². The maximum Gasteiger partial charge on any atom is 0.325 e. The molecule has 3 aromatic rings. The molecule has 1 unspecified atom stereocenters. The number of hydrogen-bond acceptors (Lipinski definition) is 3. The first-order valence-electron chi connectivity index (χ1n) is 8.35. The minimum absolute atomic E-state index is 0.406. The van der Waals surface area contributed by atoms with Gasteiger partial charge in [-0.05, 0) is 37.0 Å². The highest BCUT2D eigenvalue weighted by Crippen LogP contribution is 2.27. The molecule has 0 spiro atoms. The number of para-hydroxylation sites is 1. The number of furan rings is 1. The molecule has 4 rings (SSSR count). The summed E-state index contributed by atoms with van der Waals surface area (Å²) in [7, 11) is 0. The maximum absolute atomic E-state index is 11.8. The Balaban J connectivity index is 1.56. The van der Waals surface area contributed by atoms with Crippen LogP contribution in [0.3, 0.4) is 0 Å². The number of nitrogens with one attached hydrogen (secondary N) is 2. The molecular weight excluding hydrogens is 304 g/mol. The van der Waals surface area contributed by atoms with Crippen LogP contribution in [0.15, 0.2) is 40.9 Å². The Kier molecular flexibility index (Phi) is 3.86. The molecule has 1 aromatic carbocycles. The molecule has 0 saturated heterocycles. The van der Waals surface area contributed by atoms with Crippen LogP contribution in [-0.4, -0.2) is 16.1 Å². The van der Waals surface area contributed by atoms with Gasteiger partial charge in [-0.15, -0.1) is 0 Å². The van der Waals surface area contributed by atoms with Crippen molar-refractivity contribution >= 4 is 16.9 Å². The van der Waals surface area contributed by atoms with Crippen LogP contribution < -0.4 is 5.32 Å². The van der Waals surface area contributed by atoms with E-state index in [9.17, 15) is 9.90 Å². The molecule has 3 N–H and O–H groups in total. The number of carboxylic acid groups (broad SMARTS) is 1. The van der Waals surface area contributed by atoms with Crippen LogP contribution in [0.4, 0.5) is 0 Å². The molecule has 5 nitrogen and oxygen atoms in total. The molecule has 24 heavy (non-hydrogen) atoms. The van der Waals surface area contributed by atoms with Gasteiger partial charge in [0.1, 0.15) is 17.6 Å². The summed E-state index contributed by atoms with van der Waals surface area (Å²) in [6, 6.07) is 9.01. The number of aromatic amines is 1. The maximum atomic E-state index is 11.8. The van der Waals surface area contributed by atoms with Crippen LogP contribution in [0.1, 0.15) is 41.5 Å². The lowest BCUT2D eigenvalue weighted by molar-refractivity contribution is -0.139. The Morgan fingerprint density at radius 3 is 2.96 bits per heavy atom. The van der Waals surface area contributed by atoms with Crippen molar-refractivity contribution in [2.45, 2.75) is 38.3 Å². The van der Waals surface area contributed by atoms with E-state index >= 15 is 0 Å². The summed E-state index contributed by atoms with van der Waals surface area (Å²) in [5.41, 5.74) is 2.96. The van der Waals surface area contributed by atoms with Crippen molar-refractivity contribution in [2.24, 2.45) is 0 Å². The minimum Gasteiger partial charge on any atom is -0.480 e. The third-order valence-electron chi connectivity index (χ3n) is 4.71.